The van der Waals surface area contributed by atoms with E-state index in [1.165, 1.54) is 16.9 Å². The number of amides is 1. The van der Waals surface area contributed by atoms with Gasteiger partial charge in [0.2, 0.25) is 0 Å². The van der Waals surface area contributed by atoms with Crippen LogP contribution in [0.4, 0.5) is 10.9 Å². The molecule has 6 nitrogen and oxygen atoms in total. The normalized spacial score (nSPS) is 10.7. The summed E-state index contributed by atoms with van der Waals surface area (Å²) in [6.07, 6.45) is 3.32. The van der Waals surface area contributed by atoms with Crippen LogP contribution in [0.15, 0.2) is 91.3 Å². The molecule has 36 heavy (non-hydrogen) atoms. The molecule has 0 unspecified atom stereocenters. The van der Waals surface area contributed by atoms with Crippen LogP contribution in [0.5, 0.6) is 0 Å². The second-order valence-corrected chi connectivity index (χ2v) is 9.49. The molecule has 0 bridgehead atoms. The largest absolute Gasteiger partial charge is 0.366 e. The Morgan fingerprint density at radius 3 is 2.58 bits per heavy atom. The highest BCUT2D eigenvalue weighted by atomic mass is 35.5. The van der Waals surface area contributed by atoms with E-state index in [1.807, 2.05) is 55.5 Å². The summed E-state index contributed by atoms with van der Waals surface area (Å²) >= 11 is 7.52. The molecule has 0 aliphatic rings. The molecule has 3 heterocycles. The number of thiazole rings is 1. The van der Waals surface area contributed by atoms with Gasteiger partial charge in [0.25, 0.3) is 5.91 Å². The van der Waals surface area contributed by atoms with Crippen molar-refractivity contribution in [2.45, 2.75) is 13.5 Å². The van der Waals surface area contributed by atoms with Gasteiger partial charge in [-0.15, -0.1) is 0 Å². The number of aromatic nitrogens is 3. The highest BCUT2D eigenvalue weighted by molar-refractivity contribution is 7.19. The summed E-state index contributed by atoms with van der Waals surface area (Å²) < 4.78 is 0. The first-order valence-corrected chi connectivity index (χ1v) is 12.5. The van der Waals surface area contributed by atoms with Crippen molar-refractivity contribution >= 4 is 39.8 Å². The molecule has 178 valence electrons. The van der Waals surface area contributed by atoms with E-state index >= 15 is 0 Å². The van der Waals surface area contributed by atoms with E-state index in [1.54, 1.807) is 24.5 Å². The molecule has 0 saturated heterocycles. The maximum atomic E-state index is 12.9. The molecule has 8 heteroatoms. The van der Waals surface area contributed by atoms with Gasteiger partial charge in [-0.1, -0.05) is 77.0 Å². The zero-order valence-electron chi connectivity index (χ0n) is 19.4. The second-order valence-electron chi connectivity index (χ2n) is 8.13. The molecule has 5 aromatic rings. The number of aryl methyl sites for hydroxylation is 1. The third-order valence-corrected chi connectivity index (χ3v) is 6.80. The summed E-state index contributed by atoms with van der Waals surface area (Å²) in [6, 6.07) is 25.6. The van der Waals surface area contributed by atoms with E-state index in [0.29, 0.717) is 17.2 Å². The van der Waals surface area contributed by atoms with Gasteiger partial charge in [-0.3, -0.25) is 10.1 Å². The number of halogens is 1. The monoisotopic (exact) mass is 511 g/mol. The molecule has 3 aromatic heterocycles. The Hall–Kier alpha value is -4.07. The maximum Gasteiger partial charge on any atom is 0.260 e. The smallest absolute Gasteiger partial charge is 0.260 e. The Morgan fingerprint density at radius 1 is 0.917 bits per heavy atom. The number of benzene rings is 2. The fraction of sp³-hybridized carbons (Fsp3) is 0.0714. The maximum absolute atomic E-state index is 12.9. The summed E-state index contributed by atoms with van der Waals surface area (Å²) in [5.41, 5.74) is 5.30. The number of hydrogen-bond donors (Lipinski definition) is 2. The number of anilines is 2. The Kier molecular flexibility index (Phi) is 7.02. The molecule has 1 amide bonds. The molecule has 0 aliphatic carbocycles. The van der Waals surface area contributed by atoms with E-state index < -0.39 is 0 Å². The summed E-state index contributed by atoms with van der Waals surface area (Å²) in [5, 5.41) is 6.90. The van der Waals surface area contributed by atoms with Gasteiger partial charge in [0.05, 0.1) is 16.1 Å². The van der Waals surface area contributed by atoms with E-state index in [0.717, 1.165) is 33.1 Å². The molecule has 0 atom stereocenters. The van der Waals surface area contributed by atoms with Gasteiger partial charge in [-0.2, -0.15) is 0 Å². The topological polar surface area (TPSA) is 79.8 Å². The van der Waals surface area contributed by atoms with Crippen LogP contribution in [0.25, 0.3) is 21.7 Å². The molecule has 2 N–H and O–H groups in total. The number of nitrogens with one attached hydrogen (secondary N) is 2. The predicted octanol–water partition coefficient (Wildman–Crippen LogP) is 7.09. The number of hydrogen-bond acceptors (Lipinski definition) is 6. The van der Waals surface area contributed by atoms with Crippen LogP contribution in [0.3, 0.4) is 0 Å². The first kappa shape index (κ1) is 23.7. The van der Waals surface area contributed by atoms with Gasteiger partial charge in [-0.05, 0) is 48.4 Å². The van der Waals surface area contributed by atoms with Crippen LogP contribution in [-0.4, -0.2) is 20.9 Å². The molecule has 5 rings (SSSR count). The first-order chi connectivity index (χ1) is 17.6. The Balaban J connectivity index is 1.48. The Labute approximate surface area is 218 Å². The van der Waals surface area contributed by atoms with Crippen molar-refractivity contribution in [2.75, 3.05) is 10.6 Å². The van der Waals surface area contributed by atoms with Crippen molar-refractivity contribution in [2.24, 2.45) is 0 Å². The minimum absolute atomic E-state index is 0.147. The average Bonchev–Trinajstić information content (AvgIpc) is 3.32. The lowest BCUT2D eigenvalue weighted by Gasteiger charge is -2.08. The van der Waals surface area contributed by atoms with E-state index in [-0.39, 0.29) is 11.1 Å². The number of carbonyl (C=O) groups is 1. The standard InChI is InChI=1S/C28H22ClN5OS/c1-18-7-5-10-20(15-18)24-25(36-28(33-24)34-27(35)22-11-6-13-31-26(22)29)21-12-14-30-23(16-21)32-17-19-8-3-2-4-9-19/h2-16H,17H2,1H3,(H,30,32)(H,33,34,35). The SMILES string of the molecule is Cc1cccc(-c2nc(NC(=O)c3cccnc3Cl)sc2-c2ccnc(NCc3ccccc3)c2)c1. The van der Waals surface area contributed by atoms with E-state index in [4.69, 9.17) is 16.6 Å². The van der Waals surface area contributed by atoms with Crippen molar-refractivity contribution in [3.05, 3.63) is 113 Å². The average molecular weight is 512 g/mol. The van der Waals surface area contributed by atoms with Crippen LogP contribution >= 0.6 is 22.9 Å². The molecule has 0 fully saturated rings. The third-order valence-electron chi connectivity index (χ3n) is 5.48. The minimum atomic E-state index is -0.357. The quantitative estimate of drug-likeness (QED) is 0.228. The van der Waals surface area contributed by atoms with Gasteiger partial charge in [0.15, 0.2) is 5.13 Å². The van der Waals surface area contributed by atoms with Gasteiger partial charge in [-0.25, -0.2) is 15.0 Å². The number of rotatable bonds is 7. The second kappa shape index (κ2) is 10.7. The predicted molar refractivity (Wildman–Crippen MR) is 146 cm³/mol. The van der Waals surface area contributed by atoms with Gasteiger partial charge < -0.3 is 5.32 Å². The number of nitrogens with zero attached hydrogens (tertiary/aromatic N) is 3. The molecule has 0 radical (unpaired) electrons. The lowest BCUT2D eigenvalue weighted by Crippen LogP contribution is -2.12. The third kappa shape index (κ3) is 5.43. The minimum Gasteiger partial charge on any atom is -0.366 e. The molecular weight excluding hydrogens is 490 g/mol. The highest BCUT2D eigenvalue weighted by Crippen LogP contribution is 2.40. The van der Waals surface area contributed by atoms with Crippen LogP contribution in [0.2, 0.25) is 5.15 Å². The van der Waals surface area contributed by atoms with Crippen LogP contribution < -0.4 is 10.6 Å². The van der Waals surface area contributed by atoms with Crippen molar-refractivity contribution in [1.82, 2.24) is 15.0 Å². The van der Waals surface area contributed by atoms with Crippen molar-refractivity contribution in [1.29, 1.82) is 0 Å². The summed E-state index contributed by atoms with van der Waals surface area (Å²) in [5.74, 6) is 0.400. The fourth-order valence-corrected chi connectivity index (χ4v) is 4.92. The lowest BCUT2D eigenvalue weighted by molar-refractivity contribution is 0.102. The van der Waals surface area contributed by atoms with Crippen molar-refractivity contribution in [3.63, 3.8) is 0 Å². The van der Waals surface area contributed by atoms with Crippen LogP contribution in [-0.2, 0) is 6.54 Å². The van der Waals surface area contributed by atoms with Gasteiger partial charge in [0, 0.05) is 24.5 Å². The van der Waals surface area contributed by atoms with E-state index in [9.17, 15) is 4.79 Å². The van der Waals surface area contributed by atoms with Gasteiger partial charge >= 0.3 is 0 Å². The lowest BCUT2D eigenvalue weighted by atomic mass is 10.1. The van der Waals surface area contributed by atoms with Crippen LogP contribution in [0.1, 0.15) is 21.5 Å². The summed E-state index contributed by atoms with van der Waals surface area (Å²) in [6.45, 7) is 2.71. The molecular formula is C28H22ClN5OS. The Morgan fingerprint density at radius 2 is 1.78 bits per heavy atom. The number of pyridine rings is 2. The number of carbonyl (C=O) groups excluding carboxylic acids is 1. The van der Waals surface area contributed by atoms with E-state index in [2.05, 4.69) is 38.8 Å². The first-order valence-electron chi connectivity index (χ1n) is 11.3. The van der Waals surface area contributed by atoms with Crippen LogP contribution in [0, 0.1) is 6.92 Å². The zero-order valence-corrected chi connectivity index (χ0v) is 21.0. The zero-order chi connectivity index (χ0) is 24.9. The van der Waals surface area contributed by atoms with Crippen molar-refractivity contribution < 1.29 is 4.79 Å². The molecule has 0 spiro atoms. The molecule has 2 aromatic carbocycles. The summed E-state index contributed by atoms with van der Waals surface area (Å²) in [4.78, 5) is 27.1. The van der Waals surface area contributed by atoms with Crippen molar-refractivity contribution in [3.8, 4) is 21.7 Å². The fourth-order valence-electron chi connectivity index (χ4n) is 3.73. The Bertz CT molecular complexity index is 1520. The highest BCUT2D eigenvalue weighted by Gasteiger charge is 2.19. The van der Waals surface area contributed by atoms with Gasteiger partial charge in [0.1, 0.15) is 11.0 Å². The summed E-state index contributed by atoms with van der Waals surface area (Å²) in [7, 11) is 0. The molecule has 0 aliphatic heterocycles. The molecule has 0 saturated carbocycles.